The first-order chi connectivity index (χ1) is 9.49. The summed E-state index contributed by atoms with van der Waals surface area (Å²) in [5.41, 5.74) is 6.15. The van der Waals surface area contributed by atoms with E-state index in [0.29, 0.717) is 13.1 Å². The van der Waals surface area contributed by atoms with E-state index in [9.17, 15) is 8.78 Å². The lowest BCUT2D eigenvalue weighted by Crippen LogP contribution is -2.30. The van der Waals surface area contributed by atoms with Gasteiger partial charge in [0.05, 0.1) is 6.54 Å². The van der Waals surface area contributed by atoms with Crippen LogP contribution in [0.3, 0.4) is 0 Å². The van der Waals surface area contributed by atoms with Gasteiger partial charge in [0.15, 0.2) is 11.6 Å². The van der Waals surface area contributed by atoms with Crippen LogP contribution in [0, 0.1) is 11.6 Å². The molecular formula is C14H18F2N4. The second-order valence-electron chi connectivity index (χ2n) is 4.90. The highest BCUT2D eigenvalue weighted by Gasteiger charge is 2.17. The van der Waals surface area contributed by atoms with Crippen LogP contribution in [0.5, 0.6) is 0 Å². The number of nitrogens with zero attached hydrogens (tertiary/aromatic N) is 3. The third-order valence-electron chi connectivity index (χ3n) is 3.22. The van der Waals surface area contributed by atoms with Crippen LogP contribution in [0.1, 0.15) is 17.4 Å². The van der Waals surface area contributed by atoms with Gasteiger partial charge >= 0.3 is 0 Å². The molecule has 1 heterocycles. The summed E-state index contributed by atoms with van der Waals surface area (Å²) in [6, 6.07) is 3.48. The number of hydrogen-bond donors (Lipinski definition) is 1. The molecule has 4 nitrogen and oxygen atoms in total. The van der Waals surface area contributed by atoms with Crippen molar-refractivity contribution in [1.82, 2.24) is 14.5 Å². The van der Waals surface area contributed by atoms with Crippen molar-refractivity contribution in [2.75, 3.05) is 13.6 Å². The fraction of sp³-hybridized carbons (Fsp3) is 0.357. The Bertz CT molecular complexity index is 582. The Morgan fingerprint density at radius 1 is 1.40 bits per heavy atom. The van der Waals surface area contributed by atoms with Crippen LogP contribution in [0.15, 0.2) is 30.6 Å². The quantitative estimate of drug-likeness (QED) is 0.909. The Kier molecular flexibility index (Phi) is 4.46. The maximum atomic E-state index is 13.7. The lowest BCUT2D eigenvalue weighted by atomic mass is 10.1. The van der Waals surface area contributed by atoms with Crippen molar-refractivity contribution in [2.45, 2.75) is 12.6 Å². The maximum Gasteiger partial charge on any atom is 0.163 e. The molecule has 0 aliphatic rings. The molecule has 0 amide bonds. The zero-order chi connectivity index (χ0) is 14.7. The van der Waals surface area contributed by atoms with Crippen LogP contribution >= 0.6 is 0 Å². The van der Waals surface area contributed by atoms with Gasteiger partial charge in [-0.15, -0.1) is 0 Å². The largest absolute Gasteiger partial charge is 0.337 e. The molecule has 2 N–H and O–H groups in total. The fourth-order valence-corrected chi connectivity index (χ4v) is 2.10. The standard InChI is InChI=1S/C14H18F2N4/c1-19(9-13-18-6-7-20(13)2)8-12(17)10-4-3-5-11(15)14(10)16/h3-7,12H,8-9,17H2,1-2H3. The van der Waals surface area contributed by atoms with E-state index in [0.717, 1.165) is 11.9 Å². The van der Waals surface area contributed by atoms with Crippen LogP contribution in [0.25, 0.3) is 0 Å². The zero-order valence-electron chi connectivity index (χ0n) is 11.6. The number of benzene rings is 1. The Balaban J connectivity index is 2.02. The number of likely N-dealkylation sites (N-methyl/N-ethyl adjacent to an activating group) is 1. The summed E-state index contributed by atoms with van der Waals surface area (Å²) < 4.78 is 28.7. The van der Waals surface area contributed by atoms with Crippen molar-refractivity contribution in [3.8, 4) is 0 Å². The molecule has 1 aromatic carbocycles. The first-order valence-corrected chi connectivity index (χ1v) is 6.33. The van der Waals surface area contributed by atoms with Crippen molar-refractivity contribution < 1.29 is 8.78 Å². The van der Waals surface area contributed by atoms with Gasteiger partial charge < -0.3 is 10.3 Å². The van der Waals surface area contributed by atoms with Crippen molar-refractivity contribution in [2.24, 2.45) is 12.8 Å². The fourth-order valence-electron chi connectivity index (χ4n) is 2.10. The monoisotopic (exact) mass is 280 g/mol. The van der Waals surface area contributed by atoms with Gasteiger partial charge in [-0.05, 0) is 13.1 Å². The molecule has 108 valence electrons. The van der Waals surface area contributed by atoms with E-state index in [4.69, 9.17) is 5.73 Å². The summed E-state index contributed by atoms with van der Waals surface area (Å²) >= 11 is 0. The highest BCUT2D eigenvalue weighted by Crippen LogP contribution is 2.18. The molecule has 20 heavy (non-hydrogen) atoms. The summed E-state index contributed by atoms with van der Waals surface area (Å²) in [5.74, 6) is -0.852. The molecule has 2 rings (SSSR count). The molecule has 0 aliphatic heterocycles. The third-order valence-corrected chi connectivity index (χ3v) is 3.22. The highest BCUT2D eigenvalue weighted by molar-refractivity contribution is 5.22. The molecule has 6 heteroatoms. The van der Waals surface area contributed by atoms with Crippen molar-refractivity contribution in [3.63, 3.8) is 0 Å². The molecule has 0 aliphatic carbocycles. The van der Waals surface area contributed by atoms with Gasteiger partial charge in [0.25, 0.3) is 0 Å². The number of rotatable bonds is 5. The highest BCUT2D eigenvalue weighted by atomic mass is 19.2. The molecule has 1 aromatic heterocycles. The van der Waals surface area contributed by atoms with Crippen LogP contribution in [0.2, 0.25) is 0 Å². The van der Waals surface area contributed by atoms with Crippen LogP contribution in [-0.4, -0.2) is 28.0 Å². The first-order valence-electron chi connectivity index (χ1n) is 6.33. The van der Waals surface area contributed by atoms with Gasteiger partial charge in [0.1, 0.15) is 5.82 Å². The van der Waals surface area contributed by atoms with Crippen LogP contribution in [0.4, 0.5) is 8.78 Å². The van der Waals surface area contributed by atoms with Crippen molar-refractivity contribution >= 4 is 0 Å². The smallest absolute Gasteiger partial charge is 0.163 e. The molecule has 1 unspecified atom stereocenters. The zero-order valence-corrected chi connectivity index (χ0v) is 11.6. The predicted octanol–water partition coefficient (Wildman–Crippen LogP) is 1.83. The molecule has 2 aromatic rings. The van der Waals surface area contributed by atoms with Gasteiger partial charge in [-0.25, -0.2) is 13.8 Å². The van der Waals surface area contributed by atoms with E-state index in [-0.39, 0.29) is 5.56 Å². The van der Waals surface area contributed by atoms with E-state index in [2.05, 4.69) is 4.98 Å². The normalized spacial score (nSPS) is 12.9. The second-order valence-corrected chi connectivity index (χ2v) is 4.90. The minimum atomic E-state index is -0.871. The minimum absolute atomic E-state index is 0.191. The third kappa shape index (κ3) is 3.20. The summed E-state index contributed by atoms with van der Waals surface area (Å²) in [4.78, 5) is 6.14. The molecule has 0 saturated carbocycles. The second kappa shape index (κ2) is 6.11. The number of imidazole rings is 1. The number of halogens is 2. The molecule has 0 fully saturated rings. The van der Waals surface area contributed by atoms with Gasteiger partial charge in [-0.2, -0.15) is 0 Å². The average molecular weight is 280 g/mol. The maximum absolute atomic E-state index is 13.7. The van der Waals surface area contributed by atoms with Crippen molar-refractivity contribution in [3.05, 3.63) is 53.6 Å². The molecule has 1 atom stereocenters. The van der Waals surface area contributed by atoms with Gasteiger partial charge in [-0.3, -0.25) is 4.90 Å². The topological polar surface area (TPSA) is 47.1 Å². The predicted molar refractivity (Wildman–Crippen MR) is 72.8 cm³/mol. The van der Waals surface area contributed by atoms with Gasteiger partial charge in [-0.1, -0.05) is 12.1 Å². The lowest BCUT2D eigenvalue weighted by Gasteiger charge is -2.21. The molecular weight excluding hydrogens is 262 g/mol. The number of nitrogens with two attached hydrogens (primary N) is 1. The van der Waals surface area contributed by atoms with E-state index >= 15 is 0 Å². The van der Waals surface area contributed by atoms with Crippen molar-refractivity contribution in [1.29, 1.82) is 0 Å². The van der Waals surface area contributed by atoms with Gasteiger partial charge in [0.2, 0.25) is 0 Å². The van der Waals surface area contributed by atoms with E-state index in [1.165, 1.54) is 12.1 Å². The summed E-state index contributed by atoms with van der Waals surface area (Å²) in [6.45, 7) is 1.00. The molecule has 0 spiro atoms. The van der Waals surface area contributed by atoms with Crippen LogP contribution in [-0.2, 0) is 13.6 Å². The van der Waals surface area contributed by atoms with E-state index in [1.807, 2.05) is 29.8 Å². The molecule has 0 saturated heterocycles. The number of aryl methyl sites for hydroxylation is 1. The summed E-state index contributed by atoms with van der Waals surface area (Å²) in [7, 11) is 3.77. The Morgan fingerprint density at radius 3 is 2.80 bits per heavy atom. The Morgan fingerprint density at radius 2 is 2.15 bits per heavy atom. The Hall–Kier alpha value is -1.79. The minimum Gasteiger partial charge on any atom is -0.337 e. The number of aromatic nitrogens is 2. The Labute approximate surface area is 116 Å². The van der Waals surface area contributed by atoms with Gasteiger partial charge in [0, 0.05) is 37.6 Å². The summed E-state index contributed by atoms with van der Waals surface area (Å²) in [6.07, 6.45) is 3.57. The lowest BCUT2D eigenvalue weighted by molar-refractivity contribution is 0.291. The molecule has 0 bridgehead atoms. The summed E-state index contributed by atoms with van der Waals surface area (Å²) in [5, 5.41) is 0. The first kappa shape index (κ1) is 14.6. The molecule has 0 radical (unpaired) electrons. The SMILES string of the molecule is CN(Cc1nccn1C)CC(N)c1cccc(F)c1F. The van der Waals surface area contributed by atoms with E-state index in [1.54, 1.807) is 6.20 Å². The average Bonchev–Trinajstić information content (AvgIpc) is 2.78. The van der Waals surface area contributed by atoms with E-state index < -0.39 is 17.7 Å². The van der Waals surface area contributed by atoms with Crippen LogP contribution < -0.4 is 5.73 Å². The number of hydrogen-bond acceptors (Lipinski definition) is 3.